The first-order valence-electron chi connectivity index (χ1n) is 6.20. The van der Waals surface area contributed by atoms with Crippen LogP contribution in [0.5, 0.6) is 0 Å². The second kappa shape index (κ2) is 6.96. The van der Waals surface area contributed by atoms with E-state index in [1.54, 1.807) is 12.3 Å². The maximum Gasteiger partial charge on any atom is 0.354 e. The van der Waals surface area contributed by atoms with Crippen LogP contribution in [0.25, 0.3) is 0 Å². The van der Waals surface area contributed by atoms with Crippen molar-refractivity contribution in [2.75, 3.05) is 18.1 Å². The minimum atomic E-state index is -1.03. The van der Waals surface area contributed by atoms with E-state index in [0.29, 0.717) is 12.6 Å². The van der Waals surface area contributed by atoms with E-state index >= 15 is 0 Å². The number of aromatic nitrogens is 1. The Morgan fingerprint density at radius 2 is 2.06 bits per heavy atom. The predicted molar refractivity (Wildman–Crippen MR) is 70.0 cm³/mol. The van der Waals surface area contributed by atoms with Crippen LogP contribution in [0.2, 0.25) is 0 Å². The zero-order valence-corrected chi connectivity index (χ0v) is 10.8. The quantitative estimate of drug-likeness (QED) is 0.773. The molecule has 0 aliphatic rings. The maximum atomic E-state index is 10.7. The molecule has 18 heavy (non-hydrogen) atoms. The predicted octanol–water partition coefficient (Wildman–Crippen LogP) is 1.77. The summed E-state index contributed by atoms with van der Waals surface area (Å²) >= 11 is 0. The van der Waals surface area contributed by atoms with Gasteiger partial charge in [-0.3, -0.25) is 0 Å². The summed E-state index contributed by atoms with van der Waals surface area (Å²) in [6.07, 6.45) is 3.49. The van der Waals surface area contributed by atoms with Gasteiger partial charge in [-0.05, 0) is 25.0 Å². The van der Waals surface area contributed by atoms with Gasteiger partial charge in [0.25, 0.3) is 0 Å². The molecule has 0 aliphatic carbocycles. The molecule has 2 N–H and O–H groups in total. The fraction of sp³-hybridized carbons (Fsp3) is 0.538. The van der Waals surface area contributed by atoms with Crippen LogP contribution < -0.4 is 4.90 Å². The number of carboxylic acids is 1. The van der Waals surface area contributed by atoms with Crippen molar-refractivity contribution in [2.24, 2.45) is 0 Å². The van der Waals surface area contributed by atoms with Crippen molar-refractivity contribution in [1.29, 1.82) is 0 Å². The van der Waals surface area contributed by atoms with Crippen LogP contribution in [0.1, 0.15) is 37.2 Å². The van der Waals surface area contributed by atoms with Crippen molar-refractivity contribution >= 4 is 11.7 Å². The largest absolute Gasteiger partial charge is 0.477 e. The lowest BCUT2D eigenvalue weighted by Crippen LogP contribution is -2.36. The molecule has 0 aromatic carbocycles. The Morgan fingerprint density at radius 1 is 1.39 bits per heavy atom. The van der Waals surface area contributed by atoms with Gasteiger partial charge in [0, 0.05) is 12.6 Å². The van der Waals surface area contributed by atoms with Crippen molar-refractivity contribution < 1.29 is 15.0 Å². The molecule has 0 saturated heterocycles. The molecule has 0 unspecified atom stereocenters. The Hall–Kier alpha value is -1.62. The van der Waals surface area contributed by atoms with Gasteiger partial charge in [0.1, 0.15) is 5.69 Å². The normalized spacial score (nSPS) is 10.7. The van der Waals surface area contributed by atoms with Crippen molar-refractivity contribution in [2.45, 2.75) is 32.7 Å². The molecule has 1 rings (SSSR count). The van der Waals surface area contributed by atoms with Gasteiger partial charge in [-0.15, -0.1) is 0 Å². The van der Waals surface area contributed by atoms with E-state index in [0.717, 1.165) is 18.5 Å². The summed E-state index contributed by atoms with van der Waals surface area (Å²) in [7, 11) is 0. The number of hydrogen-bond acceptors (Lipinski definition) is 4. The Labute approximate surface area is 107 Å². The third-order valence-electron chi connectivity index (χ3n) is 3.02. The zero-order chi connectivity index (χ0) is 13.5. The van der Waals surface area contributed by atoms with Crippen molar-refractivity contribution in [3.8, 4) is 0 Å². The third-order valence-corrected chi connectivity index (χ3v) is 3.02. The number of anilines is 1. The molecule has 5 heteroatoms. The van der Waals surface area contributed by atoms with Crippen LogP contribution in [0.4, 0.5) is 5.69 Å². The van der Waals surface area contributed by atoms with E-state index in [1.807, 2.05) is 0 Å². The van der Waals surface area contributed by atoms with Crippen molar-refractivity contribution in [3.05, 3.63) is 24.0 Å². The summed E-state index contributed by atoms with van der Waals surface area (Å²) in [5.74, 6) is -1.03. The van der Waals surface area contributed by atoms with E-state index < -0.39 is 5.97 Å². The van der Waals surface area contributed by atoms with Gasteiger partial charge < -0.3 is 15.1 Å². The second-order valence-electron chi connectivity index (χ2n) is 4.09. The fourth-order valence-electron chi connectivity index (χ4n) is 2.04. The lowest BCUT2D eigenvalue weighted by Gasteiger charge is -2.31. The molecule has 1 heterocycles. The van der Waals surface area contributed by atoms with Gasteiger partial charge in [0.2, 0.25) is 0 Å². The van der Waals surface area contributed by atoms with Gasteiger partial charge in [0.15, 0.2) is 0 Å². The first-order valence-corrected chi connectivity index (χ1v) is 6.20. The van der Waals surface area contributed by atoms with E-state index in [9.17, 15) is 4.79 Å². The molecule has 5 nitrogen and oxygen atoms in total. The summed E-state index contributed by atoms with van der Waals surface area (Å²) in [6.45, 7) is 4.78. The van der Waals surface area contributed by atoms with Gasteiger partial charge in [0.05, 0.1) is 18.5 Å². The average molecular weight is 252 g/mol. The molecule has 0 saturated carbocycles. The maximum absolute atomic E-state index is 10.7. The number of aliphatic hydroxyl groups excluding tert-OH is 1. The highest BCUT2D eigenvalue weighted by Gasteiger charge is 2.16. The van der Waals surface area contributed by atoms with Crippen molar-refractivity contribution in [3.63, 3.8) is 0 Å². The number of aromatic carboxylic acids is 1. The highest BCUT2D eigenvalue weighted by Crippen LogP contribution is 2.19. The summed E-state index contributed by atoms with van der Waals surface area (Å²) < 4.78 is 0. The molecular weight excluding hydrogens is 232 g/mol. The Morgan fingerprint density at radius 3 is 2.44 bits per heavy atom. The molecule has 0 fully saturated rings. The number of rotatable bonds is 7. The van der Waals surface area contributed by atoms with Crippen LogP contribution in [-0.2, 0) is 0 Å². The first kappa shape index (κ1) is 14.4. The second-order valence-corrected chi connectivity index (χ2v) is 4.09. The third kappa shape index (κ3) is 3.43. The Kier molecular flexibility index (Phi) is 5.58. The lowest BCUT2D eigenvalue weighted by atomic mass is 10.1. The Bertz CT molecular complexity index is 374. The van der Waals surface area contributed by atoms with Crippen LogP contribution in [-0.4, -0.2) is 40.4 Å². The zero-order valence-electron chi connectivity index (χ0n) is 10.8. The molecule has 1 aromatic heterocycles. The molecule has 0 spiro atoms. The van der Waals surface area contributed by atoms with E-state index in [1.165, 1.54) is 6.07 Å². The van der Waals surface area contributed by atoms with Crippen LogP contribution >= 0.6 is 0 Å². The topological polar surface area (TPSA) is 73.7 Å². The summed E-state index contributed by atoms with van der Waals surface area (Å²) in [4.78, 5) is 16.7. The number of nitrogens with zero attached hydrogens (tertiary/aromatic N) is 2. The smallest absolute Gasteiger partial charge is 0.354 e. The molecule has 100 valence electrons. The highest BCUT2D eigenvalue weighted by atomic mass is 16.4. The average Bonchev–Trinajstić information content (AvgIpc) is 2.39. The van der Waals surface area contributed by atoms with E-state index in [4.69, 9.17) is 10.2 Å². The van der Waals surface area contributed by atoms with E-state index in [-0.39, 0.29) is 12.3 Å². The number of hydrogen-bond donors (Lipinski definition) is 2. The number of aliphatic hydroxyl groups is 1. The van der Waals surface area contributed by atoms with Gasteiger partial charge in [-0.2, -0.15) is 0 Å². The number of pyridine rings is 1. The molecule has 0 amide bonds. The van der Waals surface area contributed by atoms with Gasteiger partial charge in [-0.25, -0.2) is 9.78 Å². The fourth-order valence-corrected chi connectivity index (χ4v) is 2.04. The van der Waals surface area contributed by atoms with Crippen LogP contribution in [0.3, 0.4) is 0 Å². The van der Waals surface area contributed by atoms with Gasteiger partial charge >= 0.3 is 5.97 Å². The SMILES string of the molecule is CCC(CC)N(CCO)c1ccc(C(=O)O)nc1. The highest BCUT2D eigenvalue weighted by molar-refractivity contribution is 5.85. The molecule has 0 radical (unpaired) electrons. The van der Waals surface area contributed by atoms with Crippen LogP contribution in [0.15, 0.2) is 18.3 Å². The monoisotopic (exact) mass is 252 g/mol. The Balaban J connectivity index is 2.94. The lowest BCUT2D eigenvalue weighted by molar-refractivity contribution is 0.0690. The van der Waals surface area contributed by atoms with E-state index in [2.05, 4.69) is 23.7 Å². The standard InChI is InChI=1S/C13H20N2O3/c1-3-10(4-2)15(7-8-16)11-5-6-12(13(17)18)14-9-11/h5-6,9-10,16H,3-4,7-8H2,1-2H3,(H,17,18). The molecule has 1 aromatic rings. The minimum absolute atomic E-state index is 0.0345. The molecule has 0 atom stereocenters. The number of carbonyl (C=O) groups is 1. The molecule has 0 aliphatic heterocycles. The minimum Gasteiger partial charge on any atom is -0.477 e. The van der Waals surface area contributed by atoms with Crippen LogP contribution in [0, 0.1) is 0 Å². The number of carboxylic acid groups (broad SMARTS) is 1. The summed E-state index contributed by atoms with van der Waals surface area (Å²) in [6, 6.07) is 3.56. The summed E-state index contributed by atoms with van der Waals surface area (Å²) in [5, 5.41) is 17.9. The first-order chi connectivity index (χ1) is 8.63. The van der Waals surface area contributed by atoms with Crippen molar-refractivity contribution in [1.82, 2.24) is 4.98 Å². The summed E-state index contributed by atoms with van der Waals surface area (Å²) in [5.41, 5.74) is 0.884. The molecular formula is C13H20N2O3. The van der Waals surface area contributed by atoms with Gasteiger partial charge in [-0.1, -0.05) is 13.8 Å². The molecule has 0 bridgehead atoms.